The second kappa shape index (κ2) is 7.80. The van der Waals surface area contributed by atoms with Gasteiger partial charge in [0.15, 0.2) is 0 Å². The highest BCUT2D eigenvalue weighted by atomic mass is 35.5. The largest absolute Gasteiger partial charge is 0.467 e. The third-order valence-corrected chi connectivity index (χ3v) is 6.01. The number of halogens is 2. The average molecular weight is 462 g/mol. The van der Waals surface area contributed by atoms with Gasteiger partial charge in [0.1, 0.15) is 5.60 Å². The minimum Gasteiger partial charge on any atom is -0.467 e. The Morgan fingerprint density at radius 3 is 2.34 bits per heavy atom. The molecule has 1 aliphatic heterocycles. The average Bonchev–Trinajstić information content (AvgIpc) is 3.19. The van der Waals surface area contributed by atoms with Gasteiger partial charge in [-0.25, -0.2) is 4.98 Å². The number of nitrogens with zero attached hydrogens (tertiary/aromatic N) is 3. The van der Waals surface area contributed by atoms with E-state index in [0.29, 0.717) is 15.9 Å². The van der Waals surface area contributed by atoms with Crippen LogP contribution in [0.2, 0.25) is 10.0 Å². The third kappa shape index (κ3) is 3.81. The van der Waals surface area contributed by atoms with E-state index in [9.17, 15) is 0 Å². The summed E-state index contributed by atoms with van der Waals surface area (Å²) >= 11 is 12.7. The number of hydrogen-bond donors (Lipinski definition) is 0. The Balaban J connectivity index is 1.80. The smallest absolute Gasteiger partial charge is 0.222 e. The lowest BCUT2D eigenvalue weighted by Gasteiger charge is -2.31. The molecule has 0 aliphatic carbocycles. The van der Waals surface area contributed by atoms with E-state index in [1.54, 1.807) is 4.68 Å². The van der Waals surface area contributed by atoms with Crippen molar-refractivity contribution in [3.8, 4) is 28.3 Å². The summed E-state index contributed by atoms with van der Waals surface area (Å²) in [7, 11) is 1.91. The highest BCUT2D eigenvalue weighted by molar-refractivity contribution is 6.33. The Morgan fingerprint density at radius 1 is 0.906 bits per heavy atom. The maximum Gasteiger partial charge on any atom is 0.222 e. The van der Waals surface area contributed by atoms with Gasteiger partial charge in [-0.3, -0.25) is 4.68 Å². The second-order valence-corrected chi connectivity index (χ2v) is 9.23. The maximum atomic E-state index is 6.59. The SMILES string of the molecule is Cn1cc(C2=CC(C)(C)Oc3nc(-c4ccccc4Cl)c(-c4ccc(Cl)cc4)cc32)cn1. The van der Waals surface area contributed by atoms with Crippen LogP contribution in [-0.2, 0) is 7.05 Å². The third-order valence-electron chi connectivity index (χ3n) is 5.43. The standard InChI is InChI=1S/C26H21Cl2N3O/c1-26(2)13-22(17-14-29-31(3)15-17)21-12-20(16-8-10-18(27)11-9-16)24(30-25(21)32-26)19-6-4-5-7-23(19)28/h4-15H,1-3H3. The monoisotopic (exact) mass is 461 g/mol. The summed E-state index contributed by atoms with van der Waals surface area (Å²) in [4.78, 5) is 5.01. The highest BCUT2D eigenvalue weighted by Crippen LogP contribution is 2.44. The molecule has 32 heavy (non-hydrogen) atoms. The predicted octanol–water partition coefficient (Wildman–Crippen LogP) is 7.06. The van der Waals surface area contributed by atoms with E-state index in [0.717, 1.165) is 39.1 Å². The molecule has 3 heterocycles. The molecular weight excluding hydrogens is 441 g/mol. The Kier molecular flexibility index (Phi) is 5.07. The van der Waals surface area contributed by atoms with Crippen molar-refractivity contribution in [1.29, 1.82) is 0 Å². The number of hydrogen-bond acceptors (Lipinski definition) is 3. The van der Waals surface area contributed by atoms with E-state index in [-0.39, 0.29) is 0 Å². The molecule has 0 spiro atoms. The molecule has 0 radical (unpaired) electrons. The van der Waals surface area contributed by atoms with E-state index in [1.165, 1.54) is 0 Å². The van der Waals surface area contributed by atoms with Gasteiger partial charge in [0.25, 0.3) is 0 Å². The van der Waals surface area contributed by atoms with Gasteiger partial charge in [-0.1, -0.05) is 53.5 Å². The molecule has 0 fully saturated rings. The number of rotatable bonds is 3. The summed E-state index contributed by atoms with van der Waals surface area (Å²) in [6, 6.07) is 17.6. The first-order valence-electron chi connectivity index (χ1n) is 10.3. The van der Waals surface area contributed by atoms with Crippen LogP contribution in [-0.4, -0.2) is 20.4 Å². The minimum absolute atomic E-state index is 0.523. The molecular formula is C26H21Cl2N3O. The van der Waals surface area contributed by atoms with Crippen molar-refractivity contribution in [2.24, 2.45) is 7.05 Å². The number of fused-ring (bicyclic) bond motifs is 1. The van der Waals surface area contributed by atoms with Gasteiger partial charge in [-0.2, -0.15) is 5.10 Å². The lowest BCUT2D eigenvalue weighted by atomic mass is 9.89. The first-order valence-corrected chi connectivity index (χ1v) is 11.0. The molecule has 0 saturated heterocycles. The van der Waals surface area contributed by atoms with Crippen LogP contribution < -0.4 is 4.74 Å². The fraction of sp³-hybridized carbons (Fsp3) is 0.154. The predicted molar refractivity (Wildman–Crippen MR) is 130 cm³/mol. The van der Waals surface area contributed by atoms with Crippen LogP contribution in [0.15, 0.2) is 73.1 Å². The van der Waals surface area contributed by atoms with Crippen molar-refractivity contribution in [1.82, 2.24) is 14.8 Å². The van der Waals surface area contributed by atoms with Crippen molar-refractivity contribution in [2.75, 3.05) is 0 Å². The van der Waals surface area contributed by atoms with E-state index < -0.39 is 5.60 Å². The van der Waals surface area contributed by atoms with Gasteiger partial charge in [-0.15, -0.1) is 0 Å². The van der Waals surface area contributed by atoms with Crippen LogP contribution in [0, 0.1) is 0 Å². The lowest BCUT2D eigenvalue weighted by Crippen LogP contribution is -2.30. The maximum absolute atomic E-state index is 6.59. The van der Waals surface area contributed by atoms with Gasteiger partial charge < -0.3 is 4.74 Å². The quantitative estimate of drug-likeness (QED) is 0.327. The number of benzene rings is 2. The fourth-order valence-corrected chi connectivity index (χ4v) is 4.33. The van der Waals surface area contributed by atoms with Crippen LogP contribution >= 0.6 is 23.2 Å². The Bertz CT molecular complexity index is 1350. The molecule has 6 heteroatoms. The molecule has 0 N–H and O–H groups in total. The molecule has 1 aliphatic rings. The summed E-state index contributed by atoms with van der Waals surface area (Å²) in [5.41, 5.74) is 6.00. The van der Waals surface area contributed by atoms with Crippen molar-refractivity contribution in [3.05, 3.63) is 94.2 Å². The van der Waals surface area contributed by atoms with Gasteiger partial charge in [0.05, 0.1) is 11.9 Å². The summed E-state index contributed by atoms with van der Waals surface area (Å²) in [6.07, 6.45) is 5.98. The molecule has 0 unspecified atom stereocenters. The zero-order valence-corrected chi connectivity index (χ0v) is 19.4. The zero-order valence-electron chi connectivity index (χ0n) is 17.9. The van der Waals surface area contributed by atoms with Crippen molar-refractivity contribution in [2.45, 2.75) is 19.4 Å². The molecule has 2 aromatic carbocycles. The molecule has 2 aromatic heterocycles. The van der Waals surface area contributed by atoms with Crippen LogP contribution in [0.5, 0.6) is 5.88 Å². The van der Waals surface area contributed by atoms with Crippen LogP contribution in [0.4, 0.5) is 0 Å². The van der Waals surface area contributed by atoms with Crippen molar-refractivity contribution in [3.63, 3.8) is 0 Å². The summed E-state index contributed by atoms with van der Waals surface area (Å²) in [5.74, 6) is 0.573. The van der Waals surface area contributed by atoms with Crippen molar-refractivity contribution < 1.29 is 4.74 Å². The van der Waals surface area contributed by atoms with E-state index in [2.05, 4.69) is 17.2 Å². The molecule has 5 rings (SSSR count). The Morgan fingerprint density at radius 2 is 1.66 bits per heavy atom. The molecule has 160 valence electrons. The van der Waals surface area contributed by atoms with E-state index >= 15 is 0 Å². The Labute approximate surface area is 197 Å². The van der Waals surface area contributed by atoms with Crippen molar-refractivity contribution >= 4 is 28.8 Å². The number of aromatic nitrogens is 3. The van der Waals surface area contributed by atoms with Crippen LogP contribution in [0.3, 0.4) is 0 Å². The molecule has 0 atom stereocenters. The fourth-order valence-electron chi connectivity index (χ4n) is 3.98. The normalized spacial score (nSPS) is 14.5. The van der Waals surface area contributed by atoms with E-state index in [1.807, 2.05) is 81.8 Å². The number of aryl methyl sites for hydroxylation is 1. The highest BCUT2D eigenvalue weighted by Gasteiger charge is 2.31. The van der Waals surface area contributed by atoms with Crippen LogP contribution in [0.25, 0.3) is 28.0 Å². The molecule has 4 nitrogen and oxygen atoms in total. The van der Waals surface area contributed by atoms with Crippen LogP contribution in [0.1, 0.15) is 25.0 Å². The molecule has 0 saturated carbocycles. The van der Waals surface area contributed by atoms with Gasteiger partial charge in [0, 0.05) is 45.5 Å². The van der Waals surface area contributed by atoms with Gasteiger partial charge in [0.2, 0.25) is 5.88 Å². The topological polar surface area (TPSA) is 39.9 Å². The molecule has 4 aromatic rings. The zero-order chi connectivity index (χ0) is 22.5. The summed E-state index contributed by atoms with van der Waals surface area (Å²) in [6.45, 7) is 4.05. The number of pyridine rings is 1. The summed E-state index contributed by atoms with van der Waals surface area (Å²) < 4.78 is 8.11. The van der Waals surface area contributed by atoms with E-state index in [4.69, 9.17) is 32.9 Å². The minimum atomic E-state index is -0.523. The first kappa shape index (κ1) is 20.8. The molecule has 0 bridgehead atoms. The Hall–Kier alpha value is -3.08. The summed E-state index contributed by atoms with van der Waals surface area (Å²) in [5, 5.41) is 5.68. The van der Waals surface area contributed by atoms with Gasteiger partial charge >= 0.3 is 0 Å². The second-order valence-electron chi connectivity index (χ2n) is 8.39. The lowest BCUT2D eigenvalue weighted by molar-refractivity contribution is 0.151. The van der Waals surface area contributed by atoms with Gasteiger partial charge in [-0.05, 0) is 55.3 Å². The first-order chi connectivity index (χ1) is 15.3. The number of ether oxygens (including phenoxy) is 1. The molecule has 0 amide bonds.